The van der Waals surface area contributed by atoms with Crippen LogP contribution in [0.5, 0.6) is 0 Å². The second-order valence-electron chi connectivity index (χ2n) is 5.38. The quantitative estimate of drug-likeness (QED) is 0.859. The van der Waals surface area contributed by atoms with Gasteiger partial charge in [0.1, 0.15) is 0 Å². The third kappa shape index (κ3) is 4.39. The Hall–Kier alpha value is -0.220. The maximum atomic E-state index is 6.35. The Kier molecular flexibility index (Phi) is 6.69. The van der Waals surface area contributed by atoms with Gasteiger partial charge in [0.05, 0.1) is 0 Å². The normalized spacial score (nSPS) is 21.9. The molecular weight excluding hydrogens is 288 g/mol. The zero-order chi connectivity index (χ0) is 14.4. The second-order valence-corrected chi connectivity index (χ2v) is 6.94. The van der Waals surface area contributed by atoms with Crippen molar-refractivity contribution in [3.63, 3.8) is 0 Å². The van der Waals surface area contributed by atoms with E-state index in [0.717, 1.165) is 24.5 Å². The van der Waals surface area contributed by atoms with Crippen LogP contribution in [0.2, 0.25) is 5.02 Å². The minimum absolute atomic E-state index is 0.357. The molecule has 1 N–H and O–H groups in total. The van der Waals surface area contributed by atoms with Crippen LogP contribution in [0, 0.1) is 0 Å². The third-order valence-electron chi connectivity index (χ3n) is 3.94. The molecule has 2 unspecified atom stereocenters. The molecule has 2 atom stereocenters. The fourth-order valence-electron chi connectivity index (χ4n) is 2.76. The Morgan fingerprint density at radius 2 is 2.25 bits per heavy atom. The standard InChI is InChI=1S/C16H25ClN2S/c1-3-18-16(14-6-4-5-7-15(14)17)8-9-19-10-11-20-12-13(19)2/h4-7,13,16,18H,3,8-12H2,1-2H3. The molecule has 20 heavy (non-hydrogen) atoms. The van der Waals surface area contributed by atoms with E-state index in [-0.39, 0.29) is 0 Å². The summed E-state index contributed by atoms with van der Waals surface area (Å²) in [5.74, 6) is 2.53. The van der Waals surface area contributed by atoms with Crippen molar-refractivity contribution in [1.29, 1.82) is 0 Å². The molecule has 2 rings (SSSR count). The number of hydrogen-bond donors (Lipinski definition) is 1. The lowest BCUT2D eigenvalue weighted by atomic mass is 10.0. The van der Waals surface area contributed by atoms with E-state index in [4.69, 9.17) is 11.6 Å². The summed E-state index contributed by atoms with van der Waals surface area (Å²) in [5, 5.41) is 4.45. The molecule has 1 aromatic carbocycles. The largest absolute Gasteiger partial charge is 0.310 e. The smallest absolute Gasteiger partial charge is 0.0453 e. The molecule has 0 amide bonds. The van der Waals surface area contributed by atoms with Gasteiger partial charge in [0.2, 0.25) is 0 Å². The number of hydrogen-bond acceptors (Lipinski definition) is 3. The molecule has 4 heteroatoms. The average Bonchev–Trinajstić information content (AvgIpc) is 2.46. The van der Waals surface area contributed by atoms with E-state index in [1.807, 2.05) is 12.1 Å². The molecule has 0 bridgehead atoms. The summed E-state index contributed by atoms with van der Waals surface area (Å²) in [6.45, 7) is 7.83. The van der Waals surface area contributed by atoms with Crippen molar-refractivity contribution in [2.45, 2.75) is 32.4 Å². The molecule has 0 aromatic heterocycles. The first-order chi connectivity index (χ1) is 9.72. The Morgan fingerprint density at radius 1 is 1.45 bits per heavy atom. The number of nitrogens with zero attached hydrogens (tertiary/aromatic N) is 1. The molecule has 1 aliphatic heterocycles. The van der Waals surface area contributed by atoms with Crippen molar-refractivity contribution in [3.8, 4) is 0 Å². The molecule has 0 saturated carbocycles. The molecule has 2 nitrogen and oxygen atoms in total. The third-order valence-corrected chi connectivity index (χ3v) is 5.47. The molecule has 0 radical (unpaired) electrons. The Balaban J connectivity index is 1.97. The SMILES string of the molecule is CCNC(CCN1CCSCC1C)c1ccccc1Cl. The van der Waals surface area contributed by atoms with Gasteiger partial charge in [0, 0.05) is 41.7 Å². The predicted molar refractivity (Wildman–Crippen MR) is 90.8 cm³/mol. The van der Waals surface area contributed by atoms with E-state index in [2.05, 4.69) is 48.0 Å². The topological polar surface area (TPSA) is 15.3 Å². The molecule has 1 heterocycles. The van der Waals surface area contributed by atoms with Gasteiger partial charge in [-0.3, -0.25) is 4.90 Å². The molecule has 1 aromatic rings. The first kappa shape index (κ1) is 16.2. The highest BCUT2D eigenvalue weighted by Gasteiger charge is 2.20. The molecular formula is C16H25ClN2S. The zero-order valence-corrected chi connectivity index (χ0v) is 14.0. The number of thioether (sulfide) groups is 1. The summed E-state index contributed by atoms with van der Waals surface area (Å²) in [6, 6.07) is 9.26. The van der Waals surface area contributed by atoms with E-state index < -0.39 is 0 Å². The van der Waals surface area contributed by atoms with E-state index in [1.54, 1.807) is 0 Å². The number of benzene rings is 1. The maximum Gasteiger partial charge on any atom is 0.0453 e. The summed E-state index contributed by atoms with van der Waals surface area (Å²) in [5.41, 5.74) is 1.23. The van der Waals surface area contributed by atoms with Gasteiger partial charge in [-0.15, -0.1) is 0 Å². The van der Waals surface area contributed by atoms with Crippen LogP contribution in [0.3, 0.4) is 0 Å². The lowest BCUT2D eigenvalue weighted by molar-refractivity contribution is 0.219. The first-order valence-corrected chi connectivity index (χ1v) is 9.05. The van der Waals surface area contributed by atoms with E-state index in [9.17, 15) is 0 Å². The molecule has 1 saturated heterocycles. The number of rotatable bonds is 6. The van der Waals surface area contributed by atoms with Crippen molar-refractivity contribution in [3.05, 3.63) is 34.9 Å². The van der Waals surface area contributed by atoms with Crippen LogP contribution >= 0.6 is 23.4 Å². The second kappa shape index (κ2) is 8.28. The van der Waals surface area contributed by atoms with Gasteiger partial charge in [-0.1, -0.05) is 36.7 Å². The lowest BCUT2D eigenvalue weighted by Crippen LogP contribution is -2.41. The van der Waals surface area contributed by atoms with Gasteiger partial charge in [-0.2, -0.15) is 11.8 Å². The Morgan fingerprint density at radius 3 is 2.95 bits per heavy atom. The fourth-order valence-corrected chi connectivity index (χ4v) is 4.11. The number of halogens is 1. The van der Waals surface area contributed by atoms with Crippen LogP contribution in [0.4, 0.5) is 0 Å². The van der Waals surface area contributed by atoms with Gasteiger partial charge in [-0.05, 0) is 31.5 Å². The van der Waals surface area contributed by atoms with Gasteiger partial charge in [-0.25, -0.2) is 0 Å². The predicted octanol–water partition coefficient (Wildman–Crippen LogP) is 3.82. The van der Waals surface area contributed by atoms with Crippen molar-refractivity contribution >= 4 is 23.4 Å². The average molecular weight is 313 g/mol. The molecule has 0 aliphatic carbocycles. The summed E-state index contributed by atoms with van der Waals surface area (Å²) in [7, 11) is 0. The van der Waals surface area contributed by atoms with Crippen molar-refractivity contribution < 1.29 is 0 Å². The van der Waals surface area contributed by atoms with E-state index >= 15 is 0 Å². The lowest BCUT2D eigenvalue weighted by Gasteiger charge is -2.34. The highest BCUT2D eigenvalue weighted by atomic mass is 35.5. The van der Waals surface area contributed by atoms with Gasteiger partial charge >= 0.3 is 0 Å². The van der Waals surface area contributed by atoms with Crippen LogP contribution in [0.15, 0.2) is 24.3 Å². The summed E-state index contributed by atoms with van der Waals surface area (Å²) < 4.78 is 0. The van der Waals surface area contributed by atoms with Crippen LogP contribution in [-0.2, 0) is 0 Å². The minimum atomic E-state index is 0.357. The van der Waals surface area contributed by atoms with Gasteiger partial charge in [0.15, 0.2) is 0 Å². The molecule has 1 aliphatic rings. The molecule has 1 fully saturated rings. The van der Waals surface area contributed by atoms with Crippen LogP contribution < -0.4 is 5.32 Å². The Bertz CT molecular complexity index is 413. The summed E-state index contributed by atoms with van der Waals surface area (Å²) in [4.78, 5) is 2.61. The van der Waals surface area contributed by atoms with Crippen LogP contribution in [0.1, 0.15) is 31.9 Å². The van der Waals surface area contributed by atoms with Crippen molar-refractivity contribution in [1.82, 2.24) is 10.2 Å². The van der Waals surface area contributed by atoms with Gasteiger partial charge < -0.3 is 5.32 Å². The van der Waals surface area contributed by atoms with E-state index in [0.29, 0.717) is 12.1 Å². The van der Waals surface area contributed by atoms with Gasteiger partial charge in [0.25, 0.3) is 0 Å². The minimum Gasteiger partial charge on any atom is -0.310 e. The van der Waals surface area contributed by atoms with Crippen LogP contribution in [0.25, 0.3) is 0 Å². The van der Waals surface area contributed by atoms with Crippen molar-refractivity contribution in [2.24, 2.45) is 0 Å². The zero-order valence-electron chi connectivity index (χ0n) is 12.4. The highest BCUT2D eigenvalue weighted by Crippen LogP contribution is 2.26. The first-order valence-electron chi connectivity index (χ1n) is 7.52. The maximum absolute atomic E-state index is 6.35. The monoisotopic (exact) mass is 312 g/mol. The molecule has 112 valence electrons. The highest BCUT2D eigenvalue weighted by molar-refractivity contribution is 7.99. The van der Waals surface area contributed by atoms with Crippen LogP contribution in [-0.4, -0.2) is 42.1 Å². The van der Waals surface area contributed by atoms with E-state index in [1.165, 1.54) is 23.6 Å². The summed E-state index contributed by atoms with van der Waals surface area (Å²) in [6.07, 6.45) is 1.12. The number of nitrogens with one attached hydrogen (secondary N) is 1. The Labute approximate surface area is 132 Å². The fraction of sp³-hybridized carbons (Fsp3) is 0.625. The molecule has 0 spiro atoms. The van der Waals surface area contributed by atoms with Crippen molar-refractivity contribution in [2.75, 3.05) is 31.1 Å². The summed E-state index contributed by atoms with van der Waals surface area (Å²) >= 11 is 8.42.